The standard InChI is InChI=1S/C8H9N5O/c9-4-1-3-6(2-5(4)10)12-8(11)13-7(3)14/h1-2H,9-10H2,(H3,11,12,13,14). The third-order valence-corrected chi connectivity index (χ3v) is 1.93. The summed E-state index contributed by atoms with van der Waals surface area (Å²) in [6.45, 7) is 0. The number of aromatic amines is 1. The van der Waals surface area contributed by atoms with Crippen molar-refractivity contribution in [3.63, 3.8) is 0 Å². The second kappa shape index (κ2) is 2.63. The zero-order valence-corrected chi connectivity index (χ0v) is 7.24. The number of aromatic nitrogens is 2. The average Bonchev–Trinajstić information content (AvgIpc) is 2.08. The lowest BCUT2D eigenvalue weighted by Gasteiger charge is -2.02. The molecule has 6 heteroatoms. The molecule has 7 N–H and O–H groups in total. The fourth-order valence-electron chi connectivity index (χ4n) is 1.24. The number of anilines is 3. The van der Waals surface area contributed by atoms with Gasteiger partial charge in [-0.15, -0.1) is 0 Å². The first-order valence-corrected chi connectivity index (χ1v) is 3.92. The van der Waals surface area contributed by atoms with E-state index in [4.69, 9.17) is 17.2 Å². The monoisotopic (exact) mass is 191 g/mol. The summed E-state index contributed by atoms with van der Waals surface area (Å²) in [5, 5.41) is 0.380. The molecule has 1 heterocycles. The molecular formula is C8H9N5O. The lowest BCUT2D eigenvalue weighted by Crippen LogP contribution is -2.12. The number of nitrogens with one attached hydrogen (secondary N) is 1. The van der Waals surface area contributed by atoms with E-state index in [0.29, 0.717) is 22.3 Å². The van der Waals surface area contributed by atoms with Gasteiger partial charge in [0.1, 0.15) is 0 Å². The van der Waals surface area contributed by atoms with Crippen molar-refractivity contribution in [3.8, 4) is 0 Å². The van der Waals surface area contributed by atoms with Crippen LogP contribution in [0.15, 0.2) is 16.9 Å². The first-order chi connectivity index (χ1) is 6.58. The number of nitrogens with two attached hydrogens (primary N) is 3. The minimum atomic E-state index is -0.320. The van der Waals surface area contributed by atoms with Crippen LogP contribution >= 0.6 is 0 Å². The van der Waals surface area contributed by atoms with Crippen LogP contribution in [0.4, 0.5) is 17.3 Å². The molecule has 0 unspecified atom stereocenters. The van der Waals surface area contributed by atoms with Crippen molar-refractivity contribution in [2.24, 2.45) is 0 Å². The summed E-state index contributed by atoms with van der Waals surface area (Å²) in [5.74, 6) is 0.0617. The Morgan fingerprint density at radius 1 is 1.14 bits per heavy atom. The van der Waals surface area contributed by atoms with E-state index >= 15 is 0 Å². The minimum Gasteiger partial charge on any atom is -0.397 e. The van der Waals surface area contributed by atoms with Gasteiger partial charge in [0.15, 0.2) is 0 Å². The van der Waals surface area contributed by atoms with Crippen LogP contribution in [-0.4, -0.2) is 9.97 Å². The molecule has 72 valence electrons. The molecule has 6 nitrogen and oxygen atoms in total. The number of nitrogen functional groups attached to an aromatic ring is 3. The number of fused-ring (bicyclic) bond motifs is 1. The first-order valence-electron chi connectivity index (χ1n) is 3.92. The Hall–Kier alpha value is -2.24. The average molecular weight is 191 g/mol. The van der Waals surface area contributed by atoms with Crippen molar-refractivity contribution in [3.05, 3.63) is 22.5 Å². The molecule has 1 aromatic carbocycles. The van der Waals surface area contributed by atoms with E-state index in [0.717, 1.165) is 0 Å². The quantitative estimate of drug-likeness (QED) is 0.424. The molecule has 0 atom stereocenters. The fourth-order valence-corrected chi connectivity index (χ4v) is 1.24. The number of H-pyrrole nitrogens is 1. The molecule has 0 aliphatic carbocycles. The van der Waals surface area contributed by atoms with E-state index in [-0.39, 0.29) is 11.5 Å². The van der Waals surface area contributed by atoms with Crippen LogP contribution in [0.1, 0.15) is 0 Å². The van der Waals surface area contributed by atoms with Crippen LogP contribution < -0.4 is 22.8 Å². The highest BCUT2D eigenvalue weighted by Gasteiger charge is 2.04. The topological polar surface area (TPSA) is 124 Å². The Balaban J connectivity index is 2.96. The molecule has 0 radical (unpaired) electrons. The number of benzene rings is 1. The van der Waals surface area contributed by atoms with Crippen molar-refractivity contribution in [1.29, 1.82) is 0 Å². The number of hydrogen-bond donors (Lipinski definition) is 4. The van der Waals surface area contributed by atoms with Crippen molar-refractivity contribution in [2.75, 3.05) is 17.2 Å². The molecule has 1 aromatic heterocycles. The van der Waals surface area contributed by atoms with E-state index in [1.165, 1.54) is 12.1 Å². The van der Waals surface area contributed by atoms with Gasteiger partial charge in [-0.05, 0) is 12.1 Å². The maximum absolute atomic E-state index is 11.4. The molecular weight excluding hydrogens is 182 g/mol. The van der Waals surface area contributed by atoms with Crippen LogP contribution in [0.25, 0.3) is 10.9 Å². The summed E-state index contributed by atoms with van der Waals surface area (Å²) in [7, 11) is 0. The molecule has 0 aliphatic rings. The van der Waals surface area contributed by atoms with Gasteiger partial charge in [0.2, 0.25) is 5.95 Å². The van der Waals surface area contributed by atoms with Gasteiger partial charge >= 0.3 is 0 Å². The van der Waals surface area contributed by atoms with Crippen LogP contribution in [0, 0.1) is 0 Å². The Labute approximate surface area is 78.7 Å². The van der Waals surface area contributed by atoms with Gasteiger partial charge in [0.25, 0.3) is 5.56 Å². The molecule has 2 rings (SSSR count). The Kier molecular flexibility index (Phi) is 1.57. The highest BCUT2D eigenvalue weighted by Crippen LogP contribution is 2.19. The molecule has 0 fully saturated rings. The van der Waals surface area contributed by atoms with E-state index < -0.39 is 0 Å². The molecule has 0 bridgehead atoms. The SMILES string of the molecule is Nc1nc2cc(N)c(N)cc2c(=O)[nH]1. The first kappa shape index (κ1) is 8.36. The number of nitrogens with zero attached hydrogens (tertiary/aromatic N) is 1. The molecule has 0 spiro atoms. The van der Waals surface area contributed by atoms with Crippen molar-refractivity contribution < 1.29 is 0 Å². The van der Waals surface area contributed by atoms with Crippen LogP contribution in [0.2, 0.25) is 0 Å². The van der Waals surface area contributed by atoms with Crippen LogP contribution in [-0.2, 0) is 0 Å². The highest BCUT2D eigenvalue weighted by atomic mass is 16.1. The second-order valence-electron chi connectivity index (χ2n) is 2.95. The van der Waals surface area contributed by atoms with Crippen LogP contribution in [0.3, 0.4) is 0 Å². The predicted molar refractivity (Wildman–Crippen MR) is 55.6 cm³/mol. The largest absolute Gasteiger partial charge is 0.397 e. The van der Waals surface area contributed by atoms with E-state index in [2.05, 4.69) is 9.97 Å². The van der Waals surface area contributed by atoms with Crippen LogP contribution in [0.5, 0.6) is 0 Å². The molecule has 0 amide bonds. The van der Waals surface area contributed by atoms with Crippen molar-refractivity contribution >= 4 is 28.2 Å². The molecule has 2 aromatic rings. The summed E-state index contributed by atoms with van der Waals surface area (Å²) < 4.78 is 0. The third kappa shape index (κ3) is 1.13. The lowest BCUT2D eigenvalue weighted by molar-refractivity contribution is 1.19. The van der Waals surface area contributed by atoms with E-state index in [9.17, 15) is 4.79 Å². The van der Waals surface area contributed by atoms with Gasteiger partial charge < -0.3 is 17.2 Å². The maximum Gasteiger partial charge on any atom is 0.260 e. The summed E-state index contributed by atoms with van der Waals surface area (Å²) in [6.07, 6.45) is 0. The predicted octanol–water partition coefficient (Wildman–Crippen LogP) is -0.330. The number of hydrogen-bond acceptors (Lipinski definition) is 5. The smallest absolute Gasteiger partial charge is 0.260 e. The van der Waals surface area contributed by atoms with Crippen molar-refractivity contribution in [1.82, 2.24) is 9.97 Å². The summed E-state index contributed by atoms with van der Waals surface area (Å²) in [5.41, 5.74) is 17.4. The van der Waals surface area contributed by atoms with Crippen molar-refractivity contribution in [2.45, 2.75) is 0 Å². The summed E-state index contributed by atoms with van der Waals surface area (Å²) in [4.78, 5) is 17.7. The Morgan fingerprint density at radius 2 is 1.79 bits per heavy atom. The summed E-state index contributed by atoms with van der Waals surface area (Å²) >= 11 is 0. The fraction of sp³-hybridized carbons (Fsp3) is 0. The Bertz CT molecular complexity index is 559. The molecule has 14 heavy (non-hydrogen) atoms. The second-order valence-corrected chi connectivity index (χ2v) is 2.95. The highest BCUT2D eigenvalue weighted by molar-refractivity contribution is 5.87. The van der Waals surface area contributed by atoms with E-state index in [1.807, 2.05) is 0 Å². The zero-order chi connectivity index (χ0) is 10.3. The third-order valence-electron chi connectivity index (χ3n) is 1.93. The zero-order valence-electron chi connectivity index (χ0n) is 7.24. The van der Waals surface area contributed by atoms with Gasteiger partial charge in [0, 0.05) is 0 Å². The lowest BCUT2D eigenvalue weighted by atomic mass is 10.2. The maximum atomic E-state index is 11.4. The van der Waals surface area contributed by atoms with E-state index in [1.54, 1.807) is 0 Å². The van der Waals surface area contributed by atoms with Gasteiger partial charge in [-0.25, -0.2) is 4.98 Å². The molecule has 0 aliphatic heterocycles. The van der Waals surface area contributed by atoms with Gasteiger partial charge in [-0.2, -0.15) is 0 Å². The summed E-state index contributed by atoms with van der Waals surface area (Å²) in [6, 6.07) is 3.01. The molecule has 0 saturated heterocycles. The Morgan fingerprint density at radius 3 is 2.50 bits per heavy atom. The van der Waals surface area contributed by atoms with Gasteiger partial charge in [-0.1, -0.05) is 0 Å². The molecule has 0 saturated carbocycles. The normalized spacial score (nSPS) is 10.6. The minimum absolute atomic E-state index is 0.0617. The van der Waals surface area contributed by atoms with Gasteiger partial charge in [0.05, 0.1) is 22.3 Å². The number of rotatable bonds is 0. The van der Waals surface area contributed by atoms with Gasteiger partial charge in [-0.3, -0.25) is 9.78 Å².